The van der Waals surface area contributed by atoms with Gasteiger partial charge < -0.3 is 0 Å². The van der Waals surface area contributed by atoms with E-state index < -0.39 is 0 Å². The predicted octanol–water partition coefficient (Wildman–Crippen LogP) is 7.34. The van der Waals surface area contributed by atoms with Gasteiger partial charge in [0.05, 0.1) is 0 Å². The highest BCUT2D eigenvalue weighted by Crippen LogP contribution is 2.34. The van der Waals surface area contributed by atoms with Crippen LogP contribution in [0.2, 0.25) is 0 Å². The van der Waals surface area contributed by atoms with Gasteiger partial charge in [-0.2, -0.15) is 0 Å². The Bertz CT molecular complexity index is 772. The Morgan fingerprint density at radius 3 is 2.59 bits per heavy atom. The van der Waals surface area contributed by atoms with Gasteiger partial charge in [-0.05, 0) is 91.7 Å². The second-order valence-electron chi connectivity index (χ2n) is 7.96. The van der Waals surface area contributed by atoms with Crippen molar-refractivity contribution in [3.8, 4) is 0 Å². The van der Waals surface area contributed by atoms with E-state index in [9.17, 15) is 4.39 Å². The maximum atomic E-state index is 14.7. The number of hydrogen-bond acceptors (Lipinski definition) is 0. The van der Waals surface area contributed by atoms with Crippen LogP contribution in [0, 0.1) is 5.82 Å². The highest BCUT2D eigenvalue weighted by molar-refractivity contribution is 5.38. The van der Waals surface area contributed by atoms with Crippen molar-refractivity contribution in [2.24, 2.45) is 0 Å². The van der Waals surface area contributed by atoms with Crippen LogP contribution in [0.3, 0.4) is 0 Å². The lowest BCUT2D eigenvalue weighted by atomic mass is 9.79. The van der Waals surface area contributed by atoms with E-state index in [2.05, 4.69) is 43.3 Å². The molecule has 3 rings (SSSR count). The number of fused-ring (bicyclic) bond motifs is 1. The van der Waals surface area contributed by atoms with Gasteiger partial charge >= 0.3 is 0 Å². The van der Waals surface area contributed by atoms with Crippen LogP contribution in [0.4, 0.5) is 4.39 Å². The molecule has 1 unspecified atom stereocenters. The van der Waals surface area contributed by atoms with Crippen molar-refractivity contribution in [1.82, 2.24) is 0 Å². The third kappa shape index (κ3) is 5.31. The molecule has 0 saturated carbocycles. The molecule has 1 heteroatoms. The fraction of sp³-hybridized carbons (Fsp3) is 0.462. The Hall–Kier alpha value is -1.89. The minimum Gasteiger partial charge on any atom is -0.207 e. The third-order valence-electron chi connectivity index (χ3n) is 5.91. The molecule has 2 aromatic carbocycles. The third-order valence-corrected chi connectivity index (χ3v) is 5.91. The van der Waals surface area contributed by atoms with Crippen LogP contribution < -0.4 is 0 Å². The fourth-order valence-corrected chi connectivity index (χ4v) is 4.28. The quantitative estimate of drug-likeness (QED) is 0.339. The van der Waals surface area contributed by atoms with Crippen molar-refractivity contribution < 1.29 is 4.39 Å². The highest BCUT2D eigenvalue weighted by Gasteiger charge is 2.22. The molecule has 0 heterocycles. The fourth-order valence-electron chi connectivity index (χ4n) is 4.28. The number of benzene rings is 2. The van der Waals surface area contributed by atoms with E-state index in [0.29, 0.717) is 5.92 Å². The van der Waals surface area contributed by atoms with Gasteiger partial charge in [0.1, 0.15) is 5.82 Å². The van der Waals surface area contributed by atoms with Crippen LogP contribution in [-0.4, -0.2) is 0 Å². The van der Waals surface area contributed by atoms with Gasteiger partial charge in [0.25, 0.3) is 0 Å². The minimum absolute atomic E-state index is 0.0161. The van der Waals surface area contributed by atoms with Crippen molar-refractivity contribution >= 4 is 0 Å². The molecule has 0 amide bonds. The van der Waals surface area contributed by atoms with E-state index >= 15 is 0 Å². The Morgan fingerprint density at radius 2 is 1.81 bits per heavy atom. The van der Waals surface area contributed by atoms with E-state index in [4.69, 9.17) is 0 Å². The lowest BCUT2D eigenvalue weighted by Gasteiger charge is -2.26. The summed E-state index contributed by atoms with van der Waals surface area (Å²) in [5.74, 6) is 0.297. The second-order valence-corrected chi connectivity index (χ2v) is 7.96. The maximum absolute atomic E-state index is 14.7. The summed E-state index contributed by atoms with van der Waals surface area (Å²) < 4.78 is 14.7. The number of hydrogen-bond donors (Lipinski definition) is 0. The minimum atomic E-state index is -0.0161. The Morgan fingerprint density at radius 1 is 1.00 bits per heavy atom. The van der Waals surface area contributed by atoms with Gasteiger partial charge in [-0.15, -0.1) is 0 Å². The van der Waals surface area contributed by atoms with Crippen molar-refractivity contribution in [3.05, 3.63) is 82.2 Å². The Kier molecular flexibility index (Phi) is 7.26. The molecular weight excluding hydrogens is 331 g/mol. The SMILES string of the molecule is C/C=C/CCc1ccc(C2CCc3cc(CCCCC)ccc3C2)c(F)c1. The van der Waals surface area contributed by atoms with Gasteiger partial charge in [0.2, 0.25) is 0 Å². The Labute approximate surface area is 164 Å². The second kappa shape index (κ2) is 9.88. The summed E-state index contributed by atoms with van der Waals surface area (Å²) in [6.45, 7) is 4.28. The summed E-state index contributed by atoms with van der Waals surface area (Å²) in [5.41, 5.74) is 6.38. The maximum Gasteiger partial charge on any atom is 0.126 e. The van der Waals surface area contributed by atoms with Crippen molar-refractivity contribution in [1.29, 1.82) is 0 Å². The van der Waals surface area contributed by atoms with Crippen molar-refractivity contribution in [3.63, 3.8) is 0 Å². The Balaban J connectivity index is 1.67. The van der Waals surface area contributed by atoms with E-state index in [1.807, 2.05) is 13.0 Å². The predicted molar refractivity (Wildman–Crippen MR) is 114 cm³/mol. The molecule has 0 spiro atoms. The van der Waals surface area contributed by atoms with Gasteiger partial charge in [0, 0.05) is 0 Å². The number of rotatable bonds is 8. The molecule has 0 radical (unpaired) electrons. The van der Waals surface area contributed by atoms with Crippen LogP contribution >= 0.6 is 0 Å². The molecule has 0 saturated heterocycles. The van der Waals surface area contributed by atoms with Crippen LogP contribution in [0.5, 0.6) is 0 Å². The van der Waals surface area contributed by atoms with Crippen LogP contribution in [0.1, 0.15) is 79.7 Å². The van der Waals surface area contributed by atoms with Crippen molar-refractivity contribution in [2.45, 2.75) is 77.6 Å². The zero-order valence-electron chi connectivity index (χ0n) is 16.9. The first kappa shape index (κ1) is 19.9. The van der Waals surface area contributed by atoms with Crippen LogP contribution in [0.25, 0.3) is 0 Å². The largest absolute Gasteiger partial charge is 0.207 e. The monoisotopic (exact) mass is 364 g/mol. The standard InChI is InChI=1S/C26H33F/c1-3-5-7-9-20-11-13-23-19-24(15-14-22(23)17-20)25-16-12-21(18-26(25)27)10-8-6-4-2/h4,6,11-13,16-18,24H,3,5,7-10,14-15,19H2,1-2H3/b6-4+. The molecule has 2 aromatic rings. The van der Waals surface area contributed by atoms with Gasteiger partial charge in [-0.25, -0.2) is 4.39 Å². The molecule has 0 aromatic heterocycles. The molecule has 1 atom stereocenters. The van der Waals surface area contributed by atoms with Crippen molar-refractivity contribution in [2.75, 3.05) is 0 Å². The average molecular weight is 365 g/mol. The average Bonchev–Trinajstić information content (AvgIpc) is 2.68. The first-order valence-electron chi connectivity index (χ1n) is 10.7. The van der Waals surface area contributed by atoms with Gasteiger partial charge in [-0.1, -0.05) is 62.2 Å². The highest BCUT2D eigenvalue weighted by atomic mass is 19.1. The van der Waals surface area contributed by atoms with Crippen LogP contribution in [-0.2, 0) is 25.7 Å². The normalized spacial score (nSPS) is 16.6. The smallest absolute Gasteiger partial charge is 0.126 e. The van der Waals surface area contributed by atoms with E-state index in [1.54, 1.807) is 6.07 Å². The topological polar surface area (TPSA) is 0 Å². The molecule has 1 aliphatic rings. The summed E-state index contributed by atoms with van der Waals surface area (Å²) in [7, 11) is 0. The molecule has 144 valence electrons. The first-order chi connectivity index (χ1) is 13.2. The number of allylic oxidation sites excluding steroid dienone is 2. The first-order valence-corrected chi connectivity index (χ1v) is 10.7. The zero-order valence-corrected chi connectivity index (χ0v) is 16.9. The molecular formula is C26H33F. The summed E-state index contributed by atoms with van der Waals surface area (Å²) >= 11 is 0. The summed E-state index contributed by atoms with van der Waals surface area (Å²) in [4.78, 5) is 0. The lowest BCUT2D eigenvalue weighted by molar-refractivity contribution is 0.532. The lowest BCUT2D eigenvalue weighted by Crippen LogP contribution is -2.14. The van der Waals surface area contributed by atoms with Gasteiger partial charge in [0.15, 0.2) is 0 Å². The van der Waals surface area contributed by atoms with E-state index in [0.717, 1.165) is 43.2 Å². The summed E-state index contributed by atoms with van der Waals surface area (Å²) in [6, 6.07) is 12.9. The molecule has 0 N–H and O–H groups in total. The summed E-state index contributed by atoms with van der Waals surface area (Å²) in [6.07, 6.45) is 14.2. The molecule has 0 aliphatic heterocycles. The molecule has 0 fully saturated rings. The molecule has 1 aliphatic carbocycles. The summed E-state index contributed by atoms with van der Waals surface area (Å²) in [5, 5.41) is 0. The van der Waals surface area contributed by atoms with E-state index in [1.165, 1.54) is 42.4 Å². The molecule has 0 nitrogen and oxygen atoms in total. The number of unbranched alkanes of at least 4 members (excludes halogenated alkanes) is 2. The van der Waals surface area contributed by atoms with Gasteiger partial charge in [-0.3, -0.25) is 0 Å². The number of halogens is 1. The molecule has 0 bridgehead atoms. The number of aryl methyl sites for hydroxylation is 3. The zero-order chi connectivity index (χ0) is 19.1. The molecule has 27 heavy (non-hydrogen) atoms. The van der Waals surface area contributed by atoms with E-state index in [-0.39, 0.29) is 5.82 Å². The van der Waals surface area contributed by atoms with Crippen LogP contribution in [0.15, 0.2) is 48.6 Å².